The van der Waals surface area contributed by atoms with Crippen molar-refractivity contribution in [3.8, 4) is 0 Å². The van der Waals surface area contributed by atoms with Crippen LogP contribution in [0, 0.1) is 0 Å². The molecule has 3 nitrogen and oxygen atoms in total. The van der Waals surface area contributed by atoms with Crippen molar-refractivity contribution < 1.29 is 4.79 Å². The molecule has 1 heterocycles. The molecule has 1 unspecified atom stereocenters. The Hall–Kier alpha value is -1.51. The summed E-state index contributed by atoms with van der Waals surface area (Å²) in [6, 6.07) is 8.37. The van der Waals surface area contributed by atoms with Crippen molar-refractivity contribution in [1.82, 2.24) is 5.32 Å². The van der Waals surface area contributed by atoms with E-state index in [0.29, 0.717) is 12.3 Å². The fourth-order valence-electron chi connectivity index (χ4n) is 2.32. The van der Waals surface area contributed by atoms with E-state index in [9.17, 15) is 4.79 Å². The number of hydrogen-bond donors (Lipinski definition) is 2. The topological polar surface area (TPSA) is 41.1 Å². The molecule has 3 heteroatoms. The minimum absolute atomic E-state index is 0.170. The predicted octanol–water partition coefficient (Wildman–Crippen LogP) is 2.50. The van der Waals surface area contributed by atoms with Gasteiger partial charge in [-0.3, -0.25) is 4.79 Å². The number of amides is 1. The lowest BCUT2D eigenvalue weighted by molar-refractivity contribution is -0.121. The van der Waals surface area contributed by atoms with E-state index in [-0.39, 0.29) is 5.91 Å². The minimum atomic E-state index is 0.170. The van der Waals surface area contributed by atoms with Gasteiger partial charge in [0.15, 0.2) is 0 Å². The molecule has 0 saturated heterocycles. The summed E-state index contributed by atoms with van der Waals surface area (Å²) < 4.78 is 0. The highest BCUT2D eigenvalue weighted by atomic mass is 16.1. The quantitative estimate of drug-likeness (QED) is 0.837. The number of anilines is 1. The van der Waals surface area contributed by atoms with Gasteiger partial charge in [0, 0.05) is 31.1 Å². The highest BCUT2D eigenvalue weighted by Gasteiger charge is 2.19. The zero-order chi connectivity index (χ0) is 12.1. The van der Waals surface area contributed by atoms with Crippen LogP contribution < -0.4 is 10.6 Å². The molecule has 0 saturated carbocycles. The number of fused-ring (bicyclic) bond motifs is 1. The van der Waals surface area contributed by atoms with Gasteiger partial charge in [-0.1, -0.05) is 25.1 Å². The summed E-state index contributed by atoms with van der Waals surface area (Å²) in [5.74, 6) is 0.622. The van der Waals surface area contributed by atoms with Crippen LogP contribution in [-0.4, -0.2) is 19.0 Å². The Kier molecular flexibility index (Phi) is 4.02. The molecule has 17 heavy (non-hydrogen) atoms. The number of rotatable bonds is 4. The SMILES string of the molecule is CCCC(=O)NCC1CCNc2ccccc21. The van der Waals surface area contributed by atoms with E-state index in [1.54, 1.807) is 0 Å². The zero-order valence-corrected chi connectivity index (χ0v) is 10.3. The first-order valence-corrected chi connectivity index (χ1v) is 6.40. The molecule has 0 aliphatic carbocycles. The first kappa shape index (κ1) is 12.0. The molecule has 1 aromatic carbocycles. The van der Waals surface area contributed by atoms with E-state index >= 15 is 0 Å². The molecule has 1 aliphatic rings. The number of carbonyl (C=O) groups is 1. The summed E-state index contributed by atoms with van der Waals surface area (Å²) in [6.45, 7) is 3.78. The molecular weight excluding hydrogens is 212 g/mol. The maximum absolute atomic E-state index is 11.5. The highest BCUT2D eigenvalue weighted by Crippen LogP contribution is 2.30. The van der Waals surface area contributed by atoms with E-state index < -0.39 is 0 Å². The lowest BCUT2D eigenvalue weighted by Crippen LogP contribution is -2.31. The Morgan fingerprint density at radius 3 is 3.12 bits per heavy atom. The van der Waals surface area contributed by atoms with Gasteiger partial charge in [0.2, 0.25) is 5.91 Å². The Bertz CT molecular complexity index is 390. The van der Waals surface area contributed by atoms with E-state index in [1.165, 1.54) is 11.3 Å². The summed E-state index contributed by atoms with van der Waals surface area (Å²) in [7, 11) is 0. The third kappa shape index (κ3) is 2.99. The predicted molar refractivity (Wildman–Crippen MR) is 70.2 cm³/mol. The van der Waals surface area contributed by atoms with E-state index in [1.807, 2.05) is 13.0 Å². The zero-order valence-electron chi connectivity index (χ0n) is 10.3. The maximum Gasteiger partial charge on any atom is 0.220 e. The fraction of sp³-hybridized carbons (Fsp3) is 0.500. The maximum atomic E-state index is 11.5. The van der Waals surface area contributed by atoms with Gasteiger partial charge in [-0.25, -0.2) is 0 Å². The van der Waals surface area contributed by atoms with Crippen LogP contribution in [0.1, 0.15) is 37.7 Å². The van der Waals surface area contributed by atoms with E-state index in [4.69, 9.17) is 0 Å². The van der Waals surface area contributed by atoms with Crippen molar-refractivity contribution in [3.63, 3.8) is 0 Å². The van der Waals surface area contributed by atoms with Gasteiger partial charge in [0.25, 0.3) is 0 Å². The second kappa shape index (κ2) is 5.71. The standard InChI is InChI=1S/C14H20N2O/c1-2-5-14(17)16-10-11-8-9-15-13-7-4-3-6-12(11)13/h3-4,6-7,11,15H,2,5,8-10H2,1H3,(H,16,17). The van der Waals surface area contributed by atoms with Crippen molar-refractivity contribution in [3.05, 3.63) is 29.8 Å². The Morgan fingerprint density at radius 2 is 2.29 bits per heavy atom. The van der Waals surface area contributed by atoms with Crippen LogP contribution in [0.2, 0.25) is 0 Å². The lowest BCUT2D eigenvalue weighted by atomic mass is 9.91. The molecule has 1 aromatic rings. The molecule has 2 rings (SSSR count). The third-order valence-electron chi connectivity index (χ3n) is 3.23. The molecule has 1 amide bonds. The number of benzene rings is 1. The summed E-state index contributed by atoms with van der Waals surface area (Å²) in [5.41, 5.74) is 2.55. The van der Waals surface area contributed by atoms with Crippen LogP contribution in [0.25, 0.3) is 0 Å². The number of carbonyl (C=O) groups excluding carboxylic acids is 1. The van der Waals surface area contributed by atoms with Gasteiger partial charge in [-0.05, 0) is 24.5 Å². The van der Waals surface area contributed by atoms with Crippen LogP contribution in [-0.2, 0) is 4.79 Å². The van der Waals surface area contributed by atoms with E-state index in [0.717, 1.165) is 25.9 Å². The molecule has 0 fully saturated rings. The second-order valence-electron chi connectivity index (χ2n) is 4.55. The first-order valence-electron chi connectivity index (χ1n) is 6.40. The average Bonchev–Trinajstić information content (AvgIpc) is 2.36. The van der Waals surface area contributed by atoms with Crippen LogP contribution in [0.4, 0.5) is 5.69 Å². The monoisotopic (exact) mass is 232 g/mol. The molecule has 0 radical (unpaired) electrons. The molecule has 2 N–H and O–H groups in total. The average molecular weight is 232 g/mol. The molecule has 1 aliphatic heterocycles. The number of para-hydroxylation sites is 1. The molecule has 0 aromatic heterocycles. The van der Waals surface area contributed by atoms with Crippen molar-refractivity contribution in [1.29, 1.82) is 0 Å². The molecule has 0 bridgehead atoms. The first-order chi connectivity index (χ1) is 8.31. The van der Waals surface area contributed by atoms with Crippen LogP contribution in [0.5, 0.6) is 0 Å². The van der Waals surface area contributed by atoms with Crippen LogP contribution >= 0.6 is 0 Å². The van der Waals surface area contributed by atoms with Crippen LogP contribution in [0.3, 0.4) is 0 Å². The smallest absolute Gasteiger partial charge is 0.220 e. The van der Waals surface area contributed by atoms with Crippen LogP contribution in [0.15, 0.2) is 24.3 Å². The Labute approximate surface area is 103 Å². The summed E-state index contributed by atoms with van der Waals surface area (Å²) in [5, 5.41) is 6.42. The fourth-order valence-corrected chi connectivity index (χ4v) is 2.32. The molecule has 1 atom stereocenters. The van der Waals surface area contributed by atoms with Crippen molar-refractivity contribution in [2.24, 2.45) is 0 Å². The van der Waals surface area contributed by atoms with Gasteiger partial charge in [-0.2, -0.15) is 0 Å². The Morgan fingerprint density at radius 1 is 1.47 bits per heavy atom. The molecule has 0 spiro atoms. The Balaban J connectivity index is 1.97. The van der Waals surface area contributed by atoms with Crippen molar-refractivity contribution in [2.75, 3.05) is 18.4 Å². The van der Waals surface area contributed by atoms with Gasteiger partial charge in [0.1, 0.15) is 0 Å². The largest absolute Gasteiger partial charge is 0.385 e. The van der Waals surface area contributed by atoms with E-state index in [2.05, 4.69) is 28.8 Å². The summed E-state index contributed by atoms with van der Waals surface area (Å²) >= 11 is 0. The van der Waals surface area contributed by atoms with Crippen molar-refractivity contribution in [2.45, 2.75) is 32.1 Å². The normalized spacial score (nSPS) is 18.1. The highest BCUT2D eigenvalue weighted by molar-refractivity contribution is 5.75. The minimum Gasteiger partial charge on any atom is -0.385 e. The molecule has 92 valence electrons. The van der Waals surface area contributed by atoms with Gasteiger partial charge in [0.05, 0.1) is 0 Å². The number of hydrogen-bond acceptors (Lipinski definition) is 2. The third-order valence-corrected chi connectivity index (χ3v) is 3.23. The van der Waals surface area contributed by atoms with Crippen molar-refractivity contribution >= 4 is 11.6 Å². The summed E-state index contributed by atoms with van der Waals surface area (Å²) in [6.07, 6.45) is 2.63. The van der Waals surface area contributed by atoms with Gasteiger partial charge >= 0.3 is 0 Å². The number of nitrogens with one attached hydrogen (secondary N) is 2. The van der Waals surface area contributed by atoms with Gasteiger partial charge in [-0.15, -0.1) is 0 Å². The van der Waals surface area contributed by atoms with Gasteiger partial charge < -0.3 is 10.6 Å². The molecular formula is C14H20N2O. The lowest BCUT2D eigenvalue weighted by Gasteiger charge is -2.26. The summed E-state index contributed by atoms with van der Waals surface area (Å²) in [4.78, 5) is 11.5. The second-order valence-corrected chi connectivity index (χ2v) is 4.55.